The Kier molecular flexibility index (Phi) is 5.02. The van der Waals surface area contributed by atoms with Crippen LogP contribution in [0.5, 0.6) is 5.75 Å². The number of hydrogen-bond acceptors (Lipinski definition) is 3. The summed E-state index contributed by atoms with van der Waals surface area (Å²) in [5.74, 6) is 1.61. The minimum absolute atomic E-state index is 0.626. The summed E-state index contributed by atoms with van der Waals surface area (Å²) < 4.78 is 5.23. The van der Waals surface area contributed by atoms with Gasteiger partial charge < -0.3 is 15.8 Å². The van der Waals surface area contributed by atoms with Gasteiger partial charge in [0.2, 0.25) is 0 Å². The Morgan fingerprint density at radius 1 is 1.39 bits per heavy atom. The van der Waals surface area contributed by atoms with E-state index in [2.05, 4.69) is 17.4 Å². The number of hydrogen-bond donors (Lipinski definition) is 2. The van der Waals surface area contributed by atoms with Crippen LogP contribution in [0.15, 0.2) is 24.3 Å². The molecule has 1 aromatic rings. The van der Waals surface area contributed by atoms with Gasteiger partial charge in [-0.3, -0.25) is 0 Å². The van der Waals surface area contributed by atoms with Gasteiger partial charge in [-0.05, 0) is 56.0 Å². The van der Waals surface area contributed by atoms with E-state index in [9.17, 15) is 0 Å². The molecule has 3 heteroatoms. The van der Waals surface area contributed by atoms with Crippen LogP contribution in [0.4, 0.5) is 0 Å². The van der Waals surface area contributed by atoms with Crippen molar-refractivity contribution in [3.63, 3.8) is 0 Å². The van der Waals surface area contributed by atoms with Crippen LogP contribution in [0, 0.1) is 5.92 Å². The maximum atomic E-state index is 5.79. The molecule has 0 amide bonds. The van der Waals surface area contributed by atoms with Crippen LogP contribution < -0.4 is 15.8 Å². The molecule has 0 saturated heterocycles. The molecule has 18 heavy (non-hydrogen) atoms. The molecule has 1 fully saturated rings. The lowest BCUT2D eigenvalue weighted by Gasteiger charge is -2.19. The van der Waals surface area contributed by atoms with Gasteiger partial charge in [-0.15, -0.1) is 0 Å². The zero-order chi connectivity index (χ0) is 12.8. The second kappa shape index (κ2) is 6.76. The highest BCUT2D eigenvalue weighted by atomic mass is 16.5. The third-order valence-corrected chi connectivity index (χ3v) is 3.92. The Bertz CT molecular complexity index is 367. The van der Waals surface area contributed by atoms with Crippen molar-refractivity contribution in [3.05, 3.63) is 29.8 Å². The van der Waals surface area contributed by atoms with Gasteiger partial charge in [0, 0.05) is 6.04 Å². The summed E-state index contributed by atoms with van der Waals surface area (Å²) in [5, 5.41) is 3.65. The number of nitrogens with one attached hydrogen (secondary N) is 1. The number of rotatable bonds is 6. The molecule has 1 aliphatic carbocycles. The molecule has 2 atom stereocenters. The minimum atomic E-state index is 0.626. The number of methoxy groups -OCH3 is 1. The molecule has 1 saturated carbocycles. The van der Waals surface area contributed by atoms with E-state index in [0.717, 1.165) is 25.3 Å². The topological polar surface area (TPSA) is 47.3 Å². The largest absolute Gasteiger partial charge is 0.497 e. The van der Waals surface area contributed by atoms with Gasteiger partial charge in [0.05, 0.1) is 7.11 Å². The molecule has 3 N–H and O–H groups in total. The van der Waals surface area contributed by atoms with E-state index in [-0.39, 0.29) is 0 Å². The fourth-order valence-electron chi connectivity index (χ4n) is 2.82. The second-order valence-electron chi connectivity index (χ2n) is 5.09. The molecule has 1 aliphatic rings. The quantitative estimate of drug-likeness (QED) is 0.809. The Balaban J connectivity index is 1.77. The number of nitrogens with two attached hydrogens (primary N) is 1. The molecular formula is C15H24N2O. The van der Waals surface area contributed by atoms with Gasteiger partial charge in [0.1, 0.15) is 5.75 Å². The normalized spacial score (nSPS) is 23.2. The minimum Gasteiger partial charge on any atom is -0.497 e. The molecule has 100 valence electrons. The van der Waals surface area contributed by atoms with E-state index in [4.69, 9.17) is 10.5 Å². The standard InChI is InChI=1S/C15H24N2O/c1-18-14-6-2-4-12(10-14)8-9-17-15-7-3-5-13(15)11-16/h2,4,6,10,13,15,17H,3,5,7-9,11,16H2,1H3. The fraction of sp³-hybridized carbons (Fsp3) is 0.600. The number of benzene rings is 1. The van der Waals surface area contributed by atoms with Crippen molar-refractivity contribution in [3.8, 4) is 5.75 Å². The van der Waals surface area contributed by atoms with E-state index in [0.29, 0.717) is 12.0 Å². The first-order valence-corrected chi connectivity index (χ1v) is 6.90. The van der Waals surface area contributed by atoms with Crippen LogP contribution >= 0.6 is 0 Å². The third kappa shape index (κ3) is 3.47. The van der Waals surface area contributed by atoms with Crippen molar-refractivity contribution in [2.75, 3.05) is 20.2 Å². The molecule has 1 aromatic carbocycles. The Morgan fingerprint density at radius 3 is 3.06 bits per heavy atom. The van der Waals surface area contributed by atoms with Crippen molar-refractivity contribution in [2.45, 2.75) is 31.7 Å². The second-order valence-corrected chi connectivity index (χ2v) is 5.09. The zero-order valence-corrected chi connectivity index (χ0v) is 11.2. The Morgan fingerprint density at radius 2 is 2.28 bits per heavy atom. The number of ether oxygens (including phenoxy) is 1. The van der Waals surface area contributed by atoms with E-state index in [1.807, 2.05) is 12.1 Å². The van der Waals surface area contributed by atoms with Crippen LogP contribution in [0.2, 0.25) is 0 Å². The smallest absolute Gasteiger partial charge is 0.119 e. The lowest BCUT2D eigenvalue weighted by molar-refractivity contribution is 0.408. The summed E-state index contributed by atoms with van der Waals surface area (Å²) in [7, 11) is 1.71. The predicted octanol–water partition coefficient (Wildman–Crippen LogP) is 1.95. The molecular weight excluding hydrogens is 224 g/mol. The van der Waals surface area contributed by atoms with Crippen molar-refractivity contribution in [2.24, 2.45) is 11.7 Å². The summed E-state index contributed by atoms with van der Waals surface area (Å²) in [4.78, 5) is 0. The van der Waals surface area contributed by atoms with Gasteiger partial charge >= 0.3 is 0 Å². The average Bonchev–Trinajstić information content (AvgIpc) is 2.86. The van der Waals surface area contributed by atoms with E-state index < -0.39 is 0 Å². The van der Waals surface area contributed by atoms with E-state index in [1.165, 1.54) is 24.8 Å². The van der Waals surface area contributed by atoms with Gasteiger partial charge in [-0.25, -0.2) is 0 Å². The molecule has 0 bridgehead atoms. The lowest BCUT2D eigenvalue weighted by Crippen LogP contribution is -2.37. The molecule has 0 aliphatic heterocycles. The first-order valence-electron chi connectivity index (χ1n) is 6.90. The molecule has 0 aromatic heterocycles. The maximum Gasteiger partial charge on any atom is 0.119 e. The monoisotopic (exact) mass is 248 g/mol. The third-order valence-electron chi connectivity index (χ3n) is 3.92. The van der Waals surface area contributed by atoms with E-state index >= 15 is 0 Å². The summed E-state index contributed by atoms with van der Waals surface area (Å²) in [6.45, 7) is 1.84. The van der Waals surface area contributed by atoms with Crippen LogP contribution in [-0.4, -0.2) is 26.2 Å². The summed E-state index contributed by atoms with van der Waals surface area (Å²) >= 11 is 0. The first-order chi connectivity index (χ1) is 8.83. The van der Waals surface area contributed by atoms with E-state index in [1.54, 1.807) is 7.11 Å². The molecule has 0 radical (unpaired) electrons. The fourth-order valence-corrected chi connectivity index (χ4v) is 2.82. The van der Waals surface area contributed by atoms with Crippen LogP contribution in [0.3, 0.4) is 0 Å². The summed E-state index contributed by atoms with van der Waals surface area (Å²) in [6.07, 6.45) is 4.93. The summed E-state index contributed by atoms with van der Waals surface area (Å²) in [5.41, 5.74) is 7.11. The molecule has 0 spiro atoms. The average molecular weight is 248 g/mol. The zero-order valence-electron chi connectivity index (χ0n) is 11.2. The molecule has 2 rings (SSSR count). The van der Waals surface area contributed by atoms with Gasteiger partial charge in [-0.2, -0.15) is 0 Å². The molecule has 0 heterocycles. The highest BCUT2D eigenvalue weighted by Crippen LogP contribution is 2.24. The lowest BCUT2D eigenvalue weighted by atomic mass is 10.0. The van der Waals surface area contributed by atoms with Gasteiger partial charge in [-0.1, -0.05) is 18.6 Å². The SMILES string of the molecule is COc1cccc(CCNC2CCCC2CN)c1. The highest BCUT2D eigenvalue weighted by molar-refractivity contribution is 5.28. The van der Waals surface area contributed by atoms with Crippen molar-refractivity contribution in [1.29, 1.82) is 0 Å². The van der Waals surface area contributed by atoms with Crippen molar-refractivity contribution >= 4 is 0 Å². The van der Waals surface area contributed by atoms with Crippen molar-refractivity contribution < 1.29 is 4.74 Å². The Labute approximate surface area is 110 Å². The van der Waals surface area contributed by atoms with Gasteiger partial charge in [0.15, 0.2) is 0 Å². The summed E-state index contributed by atoms with van der Waals surface area (Å²) in [6, 6.07) is 8.92. The Hall–Kier alpha value is -1.06. The predicted molar refractivity (Wildman–Crippen MR) is 74.9 cm³/mol. The highest BCUT2D eigenvalue weighted by Gasteiger charge is 2.24. The van der Waals surface area contributed by atoms with Crippen LogP contribution in [-0.2, 0) is 6.42 Å². The van der Waals surface area contributed by atoms with Crippen LogP contribution in [0.25, 0.3) is 0 Å². The molecule has 3 nitrogen and oxygen atoms in total. The van der Waals surface area contributed by atoms with Gasteiger partial charge in [0.25, 0.3) is 0 Å². The maximum absolute atomic E-state index is 5.79. The molecule has 2 unspecified atom stereocenters. The van der Waals surface area contributed by atoms with Crippen molar-refractivity contribution in [1.82, 2.24) is 5.32 Å². The first kappa shape index (κ1) is 13.4. The van der Waals surface area contributed by atoms with Crippen LogP contribution in [0.1, 0.15) is 24.8 Å².